The van der Waals surface area contributed by atoms with Crippen LogP contribution in [0.25, 0.3) is 22.4 Å². The Labute approximate surface area is 285 Å². The van der Waals surface area contributed by atoms with Crippen LogP contribution in [0.1, 0.15) is 44.5 Å². The molecule has 1 aromatic carbocycles. The Morgan fingerprint density at radius 3 is 2.30 bits per heavy atom. The molecule has 43 heavy (non-hydrogen) atoms. The summed E-state index contributed by atoms with van der Waals surface area (Å²) < 4.78 is 72.1. The molecule has 0 radical (unpaired) electrons. The Bertz CT molecular complexity index is 1910. The van der Waals surface area contributed by atoms with Gasteiger partial charge in [0, 0.05) is 42.8 Å². The van der Waals surface area contributed by atoms with Gasteiger partial charge in [-0.3, -0.25) is 9.36 Å². The number of rotatable bonds is 13. The first-order valence-electron chi connectivity index (χ1n) is 13.4. The molecule has 10 nitrogen and oxygen atoms in total. The molecule has 4 rings (SSSR count). The standard InChI is InChI=1S/C27H33N3O7S5.Na/c1-3-28-25(18-26-30(15-7-9-17-42(35,36)37)21-10-4-5-11-22(21)39-26)40-23(27(28)31)12-13-24-29(20(2)19-38-24)14-6-8-16-41(32,33)34;/h4-5,10-13,18-19H,3,6-9,14-17H2,1-2H3,(H-,32,33,34,35,36,37);/q;+1/p-1. The summed E-state index contributed by atoms with van der Waals surface area (Å²) in [6, 6.07) is 7.92. The fourth-order valence-corrected chi connectivity index (χ4v) is 8.85. The van der Waals surface area contributed by atoms with Gasteiger partial charge in [0.25, 0.3) is 10.6 Å². The van der Waals surface area contributed by atoms with Crippen molar-refractivity contribution in [2.75, 3.05) is 18.1 Å². The van der Waals surface area contributed by atoms with Gasteiger partial charge in [-0.2, -0.15) is 4.57 Å². The normalized spacial score (nSPS) is 16.0. The zero-order chi connectivity index (χ0) is 30.5. The molecule has 3 heterocycles. The van der Waals surface area contributed by atoms with Gasteiger partial charge in [-0.25, -0.2) is 16.8 Å². The molecule has 16 heteroatoms. The van der Waals surface area contributed by atoms with E-state index in [1.54, 1.807) is 15.9 Å². The van der Waals surface area contributed by atoms with Gasteiger partial charge in [-0.1, -0.05) is 35.2 Å². The average Bonchev–Trinajstić information content (AvgIpc) is 3.54. The predicted octanol–water partition coefficient (Wildman–Crippen LogP) is -0.552. The van der Waals surface area contributed by atoms with E-state index in [1.807, 2.05) is 61.7 Å². The second-order valence-electron chi connectivity index (χ2n) is 9.70. The van der Waals surface area contributed by atoms with Crippen LogP contribution in [0.2, 0.25) is 0 Å². The minimum atomic E-state index is -4.26. The molecule has 1 aliphatic rings. The number of allylic oxidation sites excluding steroid dienone is 2. The van der Waals surface area contributed by atoms with Crippen LogP contribution in [0, 0.1) is 0 Å². The van der Waals surface area contributed by atoms with Gasteiger partial charge in [0.1, 0.15) is 9.36 Å². The van der Waals surface area contributed by atoms with Crippen LogP contribution in [-0.4, -0.2) is 53.5 Å². The van der Waals surface area contributed by atoms with E-state index >= 15 is 0 Å². The Balaban J connectivity index is 0.00000506. The van der Waals surface area contributed by atoms with Crippen molar-refractivity contribution in [2.45, 2.75) is 52.6 Å². The zero-order valence-corrected chi connectivity index (χ0v) is 30.3. The van der Waals surface area contributed by atoms with Crippen molar-refractivity contribution < 1.29 is 60.1 Å². The minimum Gasteiger partial charge on any atom is -0.748 e. The van der Waals surface area contributed by atoms with Gasteiger partial charge in [0.15, 0.2) is 6.54 Å². The number of hydrogen-bond donors (Lipinski definition) is 0. The van der Waals surface area contributed by atoms with Gasteiger partial charge in [-0.05, 0) is 56.7 Å². The molecule has 0 N–H and O–H groups in total. The second-order valence-corrected chi connectivity index (χ2v) is 15.8. The molecule has 0 amide bonds. The van der Waals surface area contributed by atoms with E-state index in [0.717, 1.165) is 30.6 Å². The third kappa shape index (κ3) is 10.1. The minimum absolute atomic E-state index is 0. The van der Waals surface area contributed by atoms with Gasteiger partial charge in [-0.15, -0.1) is 11.3 Å². The molecular formula is C27H32N3NaO7S5. The largest absolute Gasteiger partial charge is 1.00 e. The molecule has 0 spiro atoms. The van der Waals surface area contributed by atoms with E-state index in [9.17, 15) is 30.7 Å². The molecule has 228 valence electrons. The monoisotopic (exact) mass is 693 g/mol. The van der Waals surface area contributed by atoms with Crippen molar-refractivity contribution in [1.29, 1.82) is 0 Å². The predicted molar refractivity (Wildman–Crippen MR) is 167 cm³/mol. The molecule has 0 saturated heterocycles. The van der Waals surface area contributed by atoms with Crippen LogP contribution < -0.4 is 48.9 Å². The molecule has 0 atom stereocenters. The number of nitrogens with zero attached hydrogens (tertiary/aromatic N) is 3. The number of hydrogen-bond acceptors (Lipinski definition) is 11. The molecule has 0 saturated carbocycles. The van der Waals surface area contributed by atoms with Crippen molar-refractivity contribution in [3.8, 4) is 0 Å². The summed E-state index contributed by atoms with van der Waals surface area (Å²) >= 11 is 4.50. The van der Waals surface area contributed by atoms with E-state index in [1.165, 1.54) is 23.1 Å². The molecule has 0 aliphatic carbocycles. The summed E-state index contributed by atoms with van der Waals surface area (Å²) in [5, 5.41) is 3.84. The zero-order valence-electron chi connectivity index (χ0n) is 24.2. The maximum Gasteiger partial charge on any atom is 1.00 e. The molecule has 2 aromatic heterocycles. The first-order valence-corrected chi connectivity index (χ1v) is 19.1. The number of para-hydroxylation sites is 1. The smallest absolute Gasteiger partial charge is 0.748 e. The number of benzene rings is 1. The first-order chi connectivity index (χ1) is 19.9. The number of thioether (sulfide) groups is 1. The molecule has 3 aromatic rings. The Kier molecular flexibility index (Phi) is 13.3. The number of fused-ring (bicyclic) bond motifs is 1. The maximum atomic E-state index is 13.3. The fraction of sp³-hybridized carbons (Fsp3) is 0.407. The number of unbranched alkanes of at least 4 members (excludes halogenated alkanes) is 2. The van der Waals surface area contributed by atoms with Gasteiger partial charge in [0.05, 0.1) is 35.9 Å². The second kappa shape index (κ2) is 15.8. The number of aromatic nitrogens is 2. The molecule has 1 aliphatic heterocycles. The summed E-state index contributed by atoms with van der Waals surface area (Å²) in [6.07, 6.45) is 7.33. The topological polar surface area (TPSA) is 144 Å². The molecule has 0 bridgehead atoms. The van der Waals surface area contributed by atoms with Crippen LogP contribution in [0.15, 0.2) is 51.3 Å². The fourth-order valence-electron chi connectivity index (χ4n) is 4.56. The molecule has 0 unspecified atom stereocenters. The van der Waals surface area contributed by atoms with Crippen molar-refractivity contribution in [2.24, 2.45) is 0 Å². The molecule has 0 fully saturated rings. The van der Waals surface area contributed by atoms with E-state index in [2.05, 4.69) is 9.47 Å². The van der Waals surface area contributed by atoms with Crippen molar-refractivity contribution in [3.05, 3.63) is 71.0 Å². The quantitative estimate of drug-likeness (QED) is 0.0998. The third-order valence-corrected chi connectivity index (χ3v) is 11.4. The Morgan fingerprint density at radius 2 is 1.63 bits per heavy atom. The summed E-state index contributed by atoms with van der Waals surface area (Å²) in [7, 11) is -8.49. The Hall–Kier alpha value is -1.27. The van der Waals surface area contributed by atoms with Crippen molar-refractivity contribution in [1.82, 2.24) is 9.47 Å². The van der Waals surface area contributed by atoms with E-state index < -0.39 is 26.0 Å². The summed E-state index contributed by atoms with van der Waals surface area (Å²) in [5.74, 6) is -0.773. The van der Waals surface area contributed by atoms with Gasteiger partial charge >= 0.3 is 29.6 Å². The maximum absolute atomic E-state index is 13.3. The van der Waals surface area contributed by atoms with Crippen LogP contribution in [0.4, 0.5) is 0 Å². The molecular weight excluding hydrogens is 662 g/mol. The average molecular weight is 694 g/mol. The van der Waals surface area contributed by atoms with E-state index in [-0.39, 0.29) is 53.7 Å². The van der Waals surface area contributed by atoms with E-state index in [4.69, 9.17) is 0 Å². The Morgan fingerprint density at radius 1 is 0.953 bits per heavy atom. The number of thiazole rings is 2. The van der Waals surface area contributed by atoms with Crippen LogP contribution in [0.3, 0.4) is 0 Å². The summed E-state index contributed by atoms with van der Waals surface area (Å²) in [4.78, 5) is 15.4. The van der Waals surface area contributed by atoms with Gasteiger partial charge in [0.2, 0.25) is 5.52 Å². The summed E-state index contributed by atoms with van der Waals surface area (Å²) in [6.45, 7) is 5.47. The van der Waals surface area contributed by atoms with Gasteiger partial charge < -0.3 is 14.0 Å². The van der Waals surface area contributed by atoms with Crippen LogP contribution in [-0.2, 0) is 33.3 Å². The van der Waals surface area contributed by atoms with E-state index in [0.29, 0.717) is 37.0 Å². The van der Waals surface area contributed by atoms with Crippen molar-refractivity contribution in [3.63, 3.8) is 0 Å². The van der Waals surface area contributed by atoms with Crippen molar-refractivity contribution >= 4 is 77.0 Å². The first kappa shape index (κ1) is 36.2. The summed E-state index contributed by atoms with van der Waals surface area (Å²) in [5.41, 5.74) is 1.92. The van der Waals surface area contributed by atoms with Crippen LogP contribution in [0.5, 0.6) is 0 Å². The van der Waals surface area contributed by atoms with Crippen LogP contribution >= 0.6 is 34.4 Å². The SMILES string of the molecule is CCn1c(=Cc2sc3ccccc3[n+]2CCCCS(=O)(=O)[O-])sc(=CC=C2SC=C(C)N2CCCCS(=O)(=O)[O-])c1=O.[Na+]. The number of aryl methyl sites for hydroxylation is 1. The third-order valence-electron chi connectivity index (χ3n) is 6.61.